The van der Waals surface area contributed by atoms with Gasteiger partial charge in [0.15, 0.2) is 5.96 Å². The fourth-order valence-corrected chi connectivity index (χ4v) is 3.86. The van der Waals surface area contributed by atoms with Gasteiger partial charge in [0.2, 0.25) is 10.0 Å². The van der Waals surface area contributed by atoms with Crippen molar-refractivity contribution in [1.82, 2.24) is 15.4 Å². The summed E-state index contributed by atoms with van der Waals surface area (Å²) in [6.45, 7) is 5.86. The second-order valence-corrected chi connectivity index (χ2v) is 8.64. The number of nitrogens with one attached hydrogen (secondary N) is 3. The van der Waals surface area contributed by atoms with Crippen LogP contribution in [0.5, 0.6) is 5.75 Å². The Morgan fingerprint density at radius 1 is 1.33 bits per heavy atom. The van der Waals surface area contributed by atoms with Gasteiger partial charge < -0.3 is 20.1 Å². The first kappa shape index (κ1) is 26.7. The van der Waals surface area contributed by atoms with Crippen LogP contribution in [0.15, 0.2) is 41.9 Å². The van der Waals surface area contributed by atoms with Crippen molar-refractivity contribution in [3.63, 3.8) is 0 Å². The monoisotopic (exact) mass is 552 g/mol. The number of halogens is 1. The maximum Gasteiger partial charge on any atom is 0.213 e. The molecule has 8 nitrogen and oxygen atoms in total. The van der Waals surface area contributed by atoms with Gasteiger partial charge >= 0.3 is 0 Å². The Labute approximate surface area is 197 Å². The Bertz CT molecular complexity index is 768. The van der Waals surface area contributed by atoms with Crippen molar-refractivity contribution in [1.29, 1.82) is 0 Å². The topological polar surface area (TPSA) is 101 Å². The number of hydrogen-bond acceptors (Lipinski definition) is 5. The summed E-state index contributed by atoms with van der Waals surface area (Å²) >= 11 is 0. The number of sulfonamides is 1. The molecule has 1 aromatic carbocycles. The molecule has 3 N–H and O–H groups in total. The Hall–Kier alpha value is -1.37. The SMILES string of the molecule is C=CCOc1ccccc1CNC(=NC)NCCS(=O)(=O)NCC1CCCCO1.I. The molecule has 1 heterocycles. The summed E-state index contributed by atoms with van der Waals surface area (Å²) in [5.74, 6) is 1.25. The molecular weight excluding hydrogens is 519 g/mol. The second-order valence-electron chi connectivity index (χ2n) is 6.72. The van der Waals surface area contributed by atoms with Crippen LogP contribution >= 0.6 is 24.0 Å². The van der Waals surface area contributed by atoms with Crippen molar-refractivity contribution in [2.75, 3.05) is 39.1 Å². The van der Waals surface area contributed by atoms with Crippen molar-refractivity contribution in [3.8, 4) is 5.75 Å². The lowest BCUT2D eigenvalue weighted by Gasteiger charge is -2.22. The number of benzene rings is 1. The third-order valence-corrected chi connectivity index (χ3v) is 5.82. The Kier molecular flexibility index (Phi) is 13.0. The quantitative estimate of drug-likeness (QED) is 0.168. The number of aliphatic imine (C=N–C) groups is 1. The van der Waals surface area contributed by atoms with Gasteiger partial charge in [0.1, 0.15) is 12.4 Å². The molecule has 0 amide bonds. The standard InChI is InChI=1S/C20H32N4O4S.HI/c1-3-12-28-19-10-5-4-8-17(19)15-23-20(21-2)22-11-14-29(25,26)24-16-18-9-6-7-13-27-18;/h3-5,8,10,18,24H,1,6-7,9,11-16H2,2H3,(H2,21,22,23);1H. The average molecular weight is 552 g/mol. The minimum Gasteiger partial charge on any atom is -0.489 e. The third-order valence-electron chi connectivity index (χ3n) is 4.47. The van der Waals surface area contributed by atoms with Crippen molar-refractivity contribution in [2.24, 2.45) is 4.99 Å². The highest BCUT2D eigenvalue weighted by molar-refractivity contribution is 14.0. The van der Waals surface area contributed by atoms with E-state index in [1.54, 1.807) is 13.1 Å². The molecule has 0 saturated carbocycles. The smallest absolute Gasteiger partial charge is 0.213 e. The van der Waals surface area contributed by atoms with Gasteiger partial charge in [0.25, 0.3) is 0 Å². The second kappa shape index (κ2) is 14.6. The van der Waals surface area contributed by atoms with Gasteiger partial charge in [-0.15, -0.1) is 24.0 Å². The zero-order valence-corrected chi connectivity index (χ0v) is 20.6. The molecule has 1 aliphatic heterocycles. The van der Waals surface area contributed by atoms with Gasteiger partial charge in [-0.2, -0.15) is 0 Å². The summed E-state index contributed by atoms with van der Waals surface area (Å²) in [6, 6.07) is 7.69. The lowest BCUT2D eigenvalue weighted by molar-refractivity contribution is 0.0200. The maximum absolute atomic E-state index is 12.2. The van der Waals surface area contributed by atoms with Gasteiger partial charge in [-0.1, -0.05) is 30.9 Å². The van der Waals surface area contributed by atoms with Crippen LogP contribution < -0.4 is 20.1 Å². The molecule has 0 radical (unpaired) electrons. The summed E-state index contributed by atoms with van der Waals surface area (Å²) in [6.07, 6.45) is 4.70. The molecule has 10 heteroatoms. The third kappa shape index (κ3) is 10.1. The van der Waals surface area contributed by atoms with E-state index in [1.807, 2.05) is 24.3 Å². The summed E-state index contributed by atoms with van der Waals surface area (Å²) < 4.78 is 38.2. The number of hydrogen-bond donors (Lipinski definition) is 3. The molecule has 2 rings (SSSR count). The predicted octanol–water partition coefficient (Wildman–Crippen LogP) is 2.02. The van der Waals surface area contributed by atoms with E-state index in [1.165, 1.54) is 0 Å². The van der Waals surface area contributed by atoms with Crippen LogP contribution in [0.25, 0.3) is 0 Å². The number of guanidine groups is 1. The minimum atomic E-state index is -3.37. The van der Waals surface area contributed by atoms with E-state index < -0.39 is 10.0 Å². The first-order chi connectivity index (χ1) is 14.0. The fourth-order valence-electron chi connectivity index (χ4n) is 2.90. The van der Waals surface area contributed by atoms with Crippen LogP contribution in [0.4, 0.5) is 0 Å². The average Bonchev–Trinajstić information content (AvgIpc) is 2.74. The molecule has 0 spiro atoms. The molecule has 0 aliphatic carbocycles. The van der Waals surface area contributed by atoms with Crippen molar-refractivity contribution in [3.05, 3.63) is 42.5 Å². The molecule has 0 aromatic heterocycles. The Balaban J connectivity index is 0.00000450. The van der Waals surface area contributed by atoms with Crippen LogP contribution in [0.3, 0.4) is 0 Å². The van der Waals surface area contributed by atoms with Crippen LogP contribution in [0.2, 0.25) is 0 Å². The zero-order valence-electron chi connectivity index (χ0n) is 17.4. The number of nitrogens with zero attached hydrogens (tertiary/aromatic N) is 1. The van der Waals surface area contributed by atoms with E-state index in [0.29, 0.717) is 32.3 Å². The van der Waals surface area contributed by atoms with Gasteiger partial charge in [-0.25, -0.2) is 13.1 Å². The molecule has 1 atom stereocenters. The summed E-state index contributed by atoms with van der Waals surface area (Å²) in [4.78, 5) is 4.14. The van der Waals surface area contributed by atoms with E-state index in [4.69, 9.17) is 9.47 Å². The molecule has 1 unspecified atom stereocenters. The summed E-state index contributed by atoms with van der Waals surface area (Å²) in [5, 5.41) is 6.20. The minimum absolute atomic E-state index is 0. The highest BCUT2D eigenvalue weighted by Crippen LogP contribution is 2.17. The number of rotatable bonds is 11. The lowest BCUT2D eigenvalue weighted by atomic mass is 10.1. The number of para-hydroxylation sites is 1. The van der Waals surface area contributed by atoms with Gasteiger partial charge in [0.05, 0.1) is 11.9 Å². The van der Waals surface area contributed by atoms with Gasteiger partial charge in [0, 0.05) is 38.9 Å². The van der Waals surface area contributed by atoms with Gasteiger partial charge in [-0.3, -0.25) is 4.99 Å². The summed E-state index contributed by atoms with van der Waals surface area (Å²) in [7, 11) is -1.73. The molecule has 0 bridgehead atoms. The molecule has 1 aromatic rings. The number of ether oxygens (including phenoxy) is 2. The van der Waals surface area contributed by atoms with Gasteiger partial charge in [-0.05, 0) is 25.3 Å². The van der Waals surface area contributed by atoms with Crippen molar-refractivity contribution in [2.45, 2.75) is 31.9 Å². The van der Waals surface area contributed by atoms with Crippen molar-refractivity contribution >= 4 is 40.0 Å². The highest BCUT2D eigenvalue weighted by Gasteiger charge is 2.17. The Morgan fingerprint density at radius 3 is 2.83 bits per heavy atom. The first-order valence-corrected chi connectivity index (χ1v) is 11.5. The molecule has 30 heavy (non-hydrogen) atoms. The Morgan fingerprint density at radius 2 is 2.13 bits per heavy atom. The zero-order chi connectivity index (χ0) is 21.0. The van der Waals surface area contributed by atoms with Crippen LogP contribution in [0.1, 0.15) is 24.8 Å². The molecule has 170 valence electrons. The first-order valence-electron chi connectivity index (χ1n) is 9.89. The summed E-state index contributed by atoms with van der Waals surface area (Å²) in [5.41, 5.74) is 0.971. The molecular formula is C20H33IN4O4S. The largest absolute Gasteiger partial charge is 0.489 e. The molecule has 1 saturated heterocycles. The highest BCUT2D eigenvalue weighted by atomic mass is 127. The van der Waals surface area contributed by atoms with E-state index in [-0.39, 0.29) is 42.4 Å². The van der Waals surface area contributed by atoms with Crippen LogP contribution in [0, 0.1) is 0 Å². The van der Waals surface area contributed by atoms with E-state index >= 15 is 0 Å². The van der Waals surface area contributed by atoms with Crippen molar-refractivity contribution < 1.29 is 17.9 Å². The molecule has 1 aliphatic rings. The lowest BCUT2D eigenvalue weighted by Crippen LogP contribution is -2.42. The van der Waals surface area contributed by atoms with Crippen LogP contribution in [-0.4, -0.2) is 59.6 Å². The van der Waals surface area contributed by atoms with E-state index in [2.05, 4.69) is 26.9 Å². The van der Waals surface area contributed by atoms with Crippen LogP contribution in [-0.2, 0) is 21.3 Å². The predicted molar refractivity (Wildman–Crippen MR) is 131 cm³/mol. The van der Waals surface area contributed by atoms with E-state index in [9.17, 15) is 8.42 Å². The normalized spacial score (nSPS) is 17.0. The fraction of sp³-hybridized carbons (Fsp3) is 0.550. The maximum atomic E-state index is 12.2. The molecule has 1 fully saturated rings. The van der Waals surface area contributed by atoms with E-state index in [0.717, 1.165) is 30.6 Å².